The zero-order valence-corrected chi connectivity index (χ0v) is 7.43. The highest BCUT2D eigenvalue weighted by molar-refractivity contribution is 4.75. The van der Waals surface area contributed by atoms with Crippen LogP contribution >= 0.6 is 0 Å². The van der Waals surface area contributed by atoms with Crippen LogP contribution in [0.5, 0.6) is 0 Å². The van der Waals surface area contributed by atoms with Crippen LogP contribution in [0.4, 0.5) is 0 Å². The molecule has 0 aromatic rings. The third-order valence-corrected chi connectivity index (χ3v) is 2.89. The molecule has 1 heteroatoms. The van der Waals surface area contributed by atoms with Crippen molar-refractivity contribution in [2.24, 2.45) is 5.92 Å². The van der Waals surface area contributed by atoms with Crippen molar-refractivity contribution in [2.75, 3.05) is 13.6 Å². The van der Waals surface area contributed by atoms with E-state index in [1.807, 2.05) is 0 Å². The van der Waals surface area contributed by atoms with E-state index in [0.717, 1.165) is 12.0 Å². The third kappa shape index (κ3) is 1.72. The Kier molecular flexibility index (Phi) is 2.72. The second-order valence-corrected chi connectivity index (χ2v) is 3.63. The molecule has 0 bridgehead atoms. The van der Waals surface area contributed by atoms with E-state index >= 15 is 0 Å². The van der Waals surface area contributed by atoms with Crippen LogP contribution in [-0.2, 0) is 0 Å². The molecule has 1 aliphatic rings. The number of likely N-dealkylation sites (tertiary alicyclic amines) is 1. The lowest BCUT2D eigenvalue weighted by molar-refractivity contribution is 0.152. The average Bonchev–Trinajstić information content (AvgIpc) is 1.95. The zero-order valence-electron chi connectivity index (χ0n) is 7.43. The van der Waals surface area contributed by atoms with E-state index in [1.54, 1.807) is 0 Å². The van der Waals surface area contributed by atoms with E-state index in [1.165, 1.54) is 25.8 Å². The highest BCUT2D eigenvalue weighted by Gasteiger charge is 2.20. The highest BCUT2D eigenvalue weighted by atomic mass is 15.1. The first-order valence-corrected chi connectivity index (χ1v) is 4.44. The van der Waals surface area contributed by atoms with Crippen molar-refractivity contribution in [3.05, 3.63) is 0 Å². The van der Waals surface area contributed by atoms with Gasteiger partial charge in [0.2, 0.25) is 0 Å². The van der Waals surface area contributed by atoms with Crippen LogP contribution in [0.2, 0.25) is 0 Å². The average molecular weight is 141 g/mol. The van der Waals surface area contributed by atoms with Crippen LogP contribution in [0.25, 0.3) is 0 Å². The molecule has 0 spiro atoms. The first-order chi connectivity index (χ1) is 4.74. The molecule has 60 valence electrons. The number of nitrogens with zero attached hydrogens (tertiary/aromatic N) is 1. The van der Waals surface area contributed by atoms with Crippen molar-refractivity contribution in [3.63, 3.8) is 0 Å². The van der Waals surface area contributed by atoms with Gasteiger partial charge < -0.3 is 4.90 Å². The summed E-state index contributed by atoms with van der Waals surface area (Å²) in [6.07, 6.45) is 4.20. The van der Waals surface area contributed by atoms with E-state index < -0.39 is 0 Å². The van der Waals surface area contributed by atoms with E-state index in [0.29, 0.717) is 0 Å². The van der Waals surface area contributed by atoms with Gasteiger partial charge in [-0.15, -0.1) is 0 Å². The number of hydrogen-bond acceptors (Lipinski definition) is 1. The van der Waals surface area contributed by atoms with Crippen LogP contribution in [0.15, 0.2) is 0 Å². The maximum atomic E-state index is 2.46. The van der Waals surface area contributed by atoms with Gasteiger partial charge >= 0.3 is 0 Å². The first kappa shape index (κ1) is 8.06. The number of hydrogen-bond donors (Lipinski definition) is 0. The molecule has 0 aromatic heterocycles. The lowest BCUT2D eigenvalue weighted by Gasteiger charge is -2.34. The molecule has 0 N–H and O–H groups in total. The summed E-state index contributed by atoms with van der Waals surface area (Å²) in [6.45, 7) is 5.95. The van der Waals surface area contributed by atoms with Gasteiger partial charge in [-0.25, -0.2) is 0 Å². The fourth-order valence-electron chi connectivity index (χ4n) is 1.76. The molecule has 1 saturated heterocycles. The Bertz CT molecular complexity index is 101. The molecule has 10 heavy (non-hydrogen) atoms. The minimum absolute atomic E-state index is 0.818. The Morgan fingerprint density at radius 3 is 2.70 bits per heavy atom. The summed E-state index contributed by atoms with van der Waals surface area (Å²) in [4.78, 5) is 2.46. The minimum atomic E-state index is 0.818. The van der Waals surface area contributed by atoms with Crippen LogP contribution in [0, 0.1) is 5.92 Å². The van der Waals surface area contributed by atoms with Gasteiger partial charge in [0.05, 0.1) is 0 Å². The molecule has 1 fully saturated rings. The van der Waals surface area contributed by atoms with E-state index in [4.69, 9.17) is 0 Å². The topological polar surface area (TPSA) is 3.24 Å². The summed E-state index contributed by atoms with van der Waals surface area (Å²) in [6, 6.07) is 0.818. The monoisotopic (exact) mass is 141 g/mol. The molecule has 0 aliphatic carbocycles. The predicted octanol–water partition coefficient (Wildman–Crippen LogP) is 2.13. The normalized spacial score (nSPS) is 36.3. The summed E-state index contributed by atoms with van der Waals surface area (Å²) >= 11 is 0. The van der Waals surface area contributed by atoms with Crippen LogP contribution < -0.4 is 0 Å². The van der Waals surface area contributed by atoms with Gasteiger partial charge in [0, 0.05) is 6.04 Å². The second-order valence-electron chi connectivity index (χ2n) is 3.63. The van der Waals surface area contributed by atoms with Crippen molar-refractivity contribution in [2.45, 2.75) is 39.2 Å². The smallest absolute Gasteiger partial charge is 0.00665 e. The summed E-state index contributed by atoms with van der Waals surface area (Å²) in [5.41, 5.74) is 0. The van der Waals surface area contributed by atoms with Gasteiger partial charge in [-0.1, -0.05) is 13.3 Å². The standard InChI is InChI=1S/C9H19N/c1-4-9-5-6-10(3)8(2)7-9/h8-9H,4-7H2,1-3H3/t8-,9-/m0/s1. The summed E-state index contributed by atoms with van der Waals surface area (Å²) in [5, 5.41) is 0. The minimum Gasteiger partial charge on any atom is -0.304 e. The number of piperidine rings is 1. The van der Waals surface area contributed by atoms with Gasteiger partial charge in [-0.2, -0.15) is 0 Å². The lowest BCUT2D eigenvalue weighted by Crippen LogP contribution is -2.37. The van der Waals surface area contributed by atoms with Crippen molar-refractivity contribution in [1.82, 2.24) is 4.90 Å². The van der Waals surface area contributed by atoms with Gasteiger partial charge in [0.1, 0.15) is 0 Å². The zero-order chi connectivity index (χ0) is 7.56. The predicted molar refractivity (Wildman–Crippen MR) is 45.1 cm³/mol. The molecule has 1 nitrogen and oxygen atoms in total. The molecule has 1 rings (SSSR count). The van der Waals surface area contributed by atoms with Crippen LogP contribution in [0.1, 0.15) is 33.1 Å². The van der Waals surface area contributed by atoms with Crippen LogP contribution in [-0.4, -0.2) is 24.5 Å². The second kappa shape index (κ2) is 3.38. The SMILES string of the molecule is CC[C@H]1CCN(C)[C@@H](C)C1. The fourth-order valence-corrected chi connectivity index (χ4v) is 1.76. The summed E-state index contributed by atoms with van der Waals surface area (Å²) in [7, 11) is 2.23. The molecule has 1 heterocycles. The summed E-state index contributed by atoms with van der Waals surface area (Å²) < 4.78 is 0. The first-order valence-electron chi connectivity index (χ1n) is 4.44. The molecular weight excluding hydrogens is 122 g/mol. The Morgan fingerprint density at radius 2 is 2.20 bits per heavy atom. The Balaban J connectivity index is 2.33. The van der Waals surface area contributed by atoms with Crippen molar-refractivity contribution >= 4 is 0 Å². The summed E-state index contributed by atoms with van der Waals surface area (Å²) in [5.74, 6) is 1.01. The number of rotatable bonds is 1. The molecule has 1 aliphatic heterocycles. The Morgan fingerprint density at radius 1 is 1.50 bits per heavy atom. The van der Waals surface area contributed by atoms with E-state index in [2.05, 4.69) is 25.8 Å². The molecule has 0 amide bonds. The van der Waals surface area contributed by atoms with Gasteiger partial charge in [-0.05, 0) is 39.3 Å². The van der Waals surface area contributed by atoms with Crippen molar-refractivity contribution < 1.29 is 0 Å². The van der Waals surface area contributed by atoms with E-state index in [-0.39, 0.29) is 0 Å². The molecule has 2 atom stereocenters. The van der Waals surface area contributed by atoms with Crippen LogP contribution in [0.3, 0.4) is 0 Å². The van der Waals surface area contributed by atoms with Gasteiger partial charge in [0.25, 0.3) is 0 Å². The van der Waals surface area contributed by atoms with E-state index in [9.17, 15) is 0 Å². The largest absolute Gasteiger partial charge is 0.304 e. The Hall–Kier alpha value is -0.0400. The van der Waals surface area contributed by atoms with Crippen molar-refractivity contribution in [1.29, 1.82) is 0 Å². The lowest BCUT2D eigenvalue weighted by atomic mass is 9.90. The Labute approximate surface area is 64.4 Å². The van der Waals surface area contributed by atoms with Crippen molar-refractivity contribution in [3.8, 4) is 0 Å². The maximum Gasteiger partial charge on any atom is 0.00665 e. The molecule has 0 aromatic carbocycles. The molecule has 0 unspecified atom stereocenters. The van der Waals surface area contributed by atoms with Gasteiger partial charge in [-0.3, -0.25) is 0 Å². The quantitative estimate of drug-likeness (QED) is 0.540. The fraction of sp³-hybridized carbons (Fsp3) is 1.00. The highest BCUT2D eigenvalue weighted by Crippen LogP contribution is 2.23. The molecule has 0 saturated carbocycles. The molecule has 0 radical (unpaired) electrons. The third-order valence-electron chi connectivity index (χ3n) is 2.89. The maximum absolute atomic E-state index is 2.46. The van der Waals surface area contributed by atoms with Gasteiger partial charge in [0.15, 0.2) is 0 Å². The molecular formula is C9H19N.